The number of hydrogen-bond donors (Lipinski definition) is 3. The molecule has 0 aliphatic carbocycles. The first-order valence-electron chi connectivity index (χ1n) is 8.14. The number of halogens is 1. The number of amides is 1. The molecule has 0 unspecified atom stereocenters. The molecule has 28 heavy (non-hydrogen) atoms. The highest BCUT2D eigenvalue weighted by atomic mass is 35.5. The fraction of sp³-hybridized carbons (Fsp3) is 0.111. The molecule has 0 aliphatic rings. The summed E-state index contributed by atoms with van der Waals surface area (Å²) in [5.41, 5.74) is 2.58. The Bertz CT molecular complexity index is 1130. The SMILES string of the molecule is Cn1cc(Nc2cccc(NC(=O)c3ccc(Cl)c(NS(C)(=O)=O)c3)c2)cn1. The first-order valence-corrected chi connectivity index (χ1v) is 10.4. The lowest BCUT2D eigenvalue weighted by Gasteiger charge is -2.11. The van der Waals surface area contributed by atoms with Crippen LogP contribution < -0.4 is 15.4 Å². The van der Waals surface area contributed by atoms with Crippen molar-refractivity contribution >= 4 is 50.3 Å². The Hall–Kier alpha value is -3.04. The van der Waals surface area contributed by atoms with Gasteiger partial charge in [0, 0.05) is 30.2 Å². The third-order valence-corrected chi connectivity index (χ3v) is 4.56. The van der Waals surface area contributed by atoms with E-state index in [-0.39, 0.29) is 16.3 Å². The first kappa shape index (κ1) is 19.7. The highest BCUT2D eigenvalue weighted by Gasteiger charge is 2.12. The Kier molecular flexibility index (Phi) is 5.57. The van der Waals surface area contributed by atoms with Crippen LogP contribution in [0.2, 0.25) is 5.02 Å². The van der Waals surface area contributed by atoms with Crippen LogP contribution in [0.3, 0.4) is 0 Å². The number of sulfonamides is 1. The van der Waals surface area contributed by atoms with E-state index in [0.717, 1.165) is 17.6 Å². The van der Waals surface area contributed by atoms with Crippen molar-refractivity contribution in [1.82, 2.24) is 9.78 Å². The minimum absolute atomic E-state index is 0.142. The van der Waals surface area contributed by atoms with Gasteiger partial charge in [0.15, 0.2) is 0 Å². The average Bonchev–Trinajstić information content (AvgIpc) is 3.00. The molecule has 0 saturated heterocycles. The molecule has 0 atom stereocenters. The number of aryl methyl sites for hydroxylation is 1. The third-order valence-electron chi connectivity index (χ3n) is 3.64. The Labute approximate surface area is 167 Å². The fourth-order valence-corrected chi connectivity index (χ4v) is 3.26. The number of carbonyl (C=O) groups is 1. The summed E-state index contributed by atoms with van der Waals surface area (Å²) in [4.78, 5) is 12.6. The van der Waals surface area contributed by atoms with E-state index in [2.05, 4.69) is 20.5 Å². The average molecular weight is 420 g/mol. The molecular weight excluding hydrogens is 402 g/mol. The topological polar surface area (TPSA) is 105 Å². The van der Waals surface area contributed by atoms with E-state index < -0.39 is 15.9 Å². The summed E-state index contributed by atoms with van der Waals surface area (Å²) in [7, 11) is -1.70. The number of rotatable bonds is 6. The Morgan fingerprint density at radius 1 is 1.11 bits per heavy atom. The summed E-state index contributed by atoms with van der Waals surface area (Å²) >= 11 is 5.99. The van der Waals surface area contributed by atoms with Crippen LogP contribution in [0.25, 0.3) is 0 Å². The van der Waals surface area contributed by atoms with Gasteiger partial charge in [-0.05, 0) is 36.4 Å². The van der Waals surface area contributed by atoms with Crippen LogP contribution in [0.5, 0.6) is 0 Å². The molecule has 1 heterocycles. The van der Waals surface area contributed by atoms with Gasteiger partial charge in [0.25, 0.3) is 5.91 Å². The highest BCUT2D eigenvalue weighted by molar-refractivity contribution is 7.92. The lowest BCUT2D eigenvalue weighted by molar-refractivity contribution is 0.102. The number of nitrogens with one attached hydrogen (secondary N) is 3. The summed E-state index contributed by atoms with van der Waals surface area (Å²) in [5.74, 6) is -0.397. The van der Waals surface area contributed by atoms with Gasteiger partial charge in [-0.3, -0.25) is 14.2 Å². The predicted molar refractivity (Wildman–Crippen MR) is 111 cm³/mol. The number of carbonyl (C=O) groups excluding carboxylic acids is 1. The second-order valence-electron chi connectivity index (χ2n) is 6.13. The predicted octanol–water partition coefficient (Wildman–Crippen LogP) is 3.44. The van der Waals surface area contributed by atoms with Crippen LogP contribution in [-0.4, -0.2) is 30.4 Å². The van der Waals surface area contributed by atoms with Gasteiger partial charge >= 0.3 is 0 Å². The zero-order valence-corrected chi connectivity index (χ0v) is 16.7. The molecule has 0 radical (unpaired) electrons. The summed E-state index contributed by atoms with van der Waals surface area (Å²) < 4.78 is 26.8. The van der Waals surface area contributed by atoms with Crippen molar-refractivity contribution in [3.8, 4) is 0 Å². The van der Waals surface area contributed by atoms with E-state index in [1.54, 1.807) is 29.1 Å². The molecule has 3 N–H and O–H groups in total. The molecule has 2 aromatic carbocycles. The third kappa shape index (κ3) is 5.24. The molecule has 1 amide bonds. The largest absolute Gasteiger partial charge is 0.353 e. The Morgan fingerprint density at radius 3 is 2.54 bits per heavy atom. The summed E-state index contributed by atoms with van der Waals surface area (Å²) in [6, 6.07) is 11.5. The highest BCUT2D eigenvalue weighted by Crippen LogP contribution is 2.25. The minimum Gasteiger partial charge on any atom is -0.353 e. The van der Waals surface area contributed by atoms with Crippen molar-refractivity contribution in [1.29, 1.82) is 0 Å². The summed E-state index contributed by atoms with van der Waals surface area (Å²) in [6.07, 6.45) is 4.53. The maximum atomic E-state index is 12.6. The maximum absolute atomic E-state index is 12.6. The lowest BCUT2D eigenvalue weighted by atomic mass is 10.2. The summed E-state index contributed by atoms with van der Waals surface area (Å²) in [5, 5.41) is 10.3. The Balaban J connectivity index is 1.76. The molecular formula is C18H18ClN5O3S. The van der Waals surface area contributed by atoms with E-state index in [1.165, 1.54) is 18.2 Å². The first-order chi connectivity index (χ1) is 13.2. The molecule has 3 aromatic rings. The van der Waals surface area contributed by atoms with E-state index in [4.69, 9.17) is 11.6 Å². The number of benzene rings is 2. The second kappa shape index (κ2) is 7.91. The van der Waals surface area contributed by atoms with Crippen LogP contribution in [0.4, 0.5) is 22.7 Å². The van der Waals surface area contributed by atoms with Crippen LogP contribution in [0, 0.1) is 0 Å². The van der Waals surface area contributed by atoms with Gasteiger partial charge in [-0.2, -0.15) is 5.10 Å². The van der Waals surface area contributed by atoms with Gasteiger partial charge in [-0.25, -0.2) is 8.42 Å². The normalized spacial score (nSPS) is 11.1. The van der Waals surface area contributed by atoms with Gasteiger partial charge in [0.2, 0.25) is 10.0 Å². The van der Waals surface area contributed by atoms with Crippen LogP contribution in [0.1, 0.15) is 10.4 Å². The number of nitrogens with zero attached hydrogens (tertiary/aromatic N) is 2. The van der Waals surface area contributed by atoms with Crippen molar-refractivity contribution < 1.29 is 13.2 Å². The molecule has 0 saturated carbocycles. The van der Waals surface area contributed by atoms with Crippen LogP contribution >= 0.6 is 11.6 Å². The number of hydrogen-bond acceptors (Lipinski definition) is 5. The smallest absolute Gasteiger partial charge is 0.255 e. The molecule has 0 spiro atoms. The fourth-order valence-electron chi connectivity index (χ4n) is 2.47. The quantitative estimate of drug-likeness (QED) is 0.567. The zero-order chi connectivity index (χ0) is 20.3. The van der Waals surface area contributed by atoms with E-state index >= 15 is 0 Å². The second-order valence-corrected chi connectivity index (χ2v) is 8.29. The van der Waals surface area contributed by atoms with Gasteiger partial charge in [0.05, 0.1) is 28.9 Å². The zero-order valence-electron chi connectivity index (χ0n) is 15.1. The monoisotopic (exact) mass is 419 g/mol. The standard InChI is InChI=1S/C18H18ClN5O3S/c1-24-11-15(10-20-24)21-13-4-3-5-14(9-13)22-18(25)12-6-7-16(19)17(8-12)23-28(2,26)27/h3-11,21,23H,1-2H3,(H,22,25). The van der Waals surface area contributed by atoms with Gasteiger partial charge < -0.3 is 10.6 Å². The van der Waals surface area contributed by atoms with Gasteiger partial charge in [0.1, 0.15) is 0 Å². The maximum Gasteiger partial charge on any atom is 0.255 e. The summed E-state index contributed by atoms with van der Waals surface area (Å²) in [6.45, 7) is 0. The molecule has 3 rings (SSSR count). The van der Waals surface area contributed by atoms with Crippen LogP contribution in [-0.2, 0) is 17.1 Å². The molecule has 1 aromatic heterocycles. The van der Waals surface area contributed by atoms with Crippen molar-refractivity contribution in [3.05, 3.63) is 65.4 Å². The molecule has 8 nitrogen and oxygen atoms in total. The minimum atomic E-state index is -3.52. The molecule has 146 valence electrons. The van der Waals surface area contributed by atoms with Gasteiger partial charge in [-0.1, -0.05) is 17.7 Å². The lowest BCUT2D eigenvalue weighted by Crippen LogP contribution is -2.14. The van der Waals surface area contributed by atoms with Crippen molar-refractivity contribution in [2.75, 3.05) is 21.6 Å². The van der Waals surface area contributed by atoms with E-state index in [1.807, 2.05) is 19.3 Å². The van der Waals surface area contributed by atoms with Gasteiger partial charge in [-0.15, -0.1) is 0 Å². The van der Waals surface area contributed by atoms with Crippen molar-refractivity contribution in [3.63, 3.8) is 0 Å². The number of aromatic nitrogens is 2. The molecule has 0 fully saturated rings. The van der Waals surface area contributed by atoms with Crippen molar-refractivity contribution in [2.45, 2.75) is 0 Å². The number of anilines is 4. The molecule has 10 heteroatoms. The van der Waals surface area contributed by atoms with E-state index in [0.29, 0.717) is 5.69 Å². The molecule has 0 aliphatic heterocycles. The van der Waals surface area contributed by atoms with Crippen LogP contribution in [0.15, 0.2) is 54.9 Å². The van der Waals surface area contributed by atoms with E-state index in [9.17, 15) is 13.2 Å². The Morgan fingerprint density at radius 2 is 1.86 bits per heavy atom. The van der Waals surface area contributed by atoms with Crippen molar-refractivity contribution in [2.24, 2.45) is 7.05 Å². The molecule has 0 bridgehead atoms.